The fourth-order valence-corrected chi connectivity index (χ4v) is 90.1. The van der Waals surface area contributed by atoms with E-state index in [9.17, 15) is 0 Å². The molecule has 0 amide bonds. The normalized spacial score (nSPS) is 28.6. The fourth-order valence-electron chi connectivity index (χ4n) is 8.47. The first-order valence-corrected chi connectivity index (χ1v) is 34.4. The Morgan fingerprint density at radius 3 is 0.824 bits per heavy atom. The largest absolute Gasteiger partial charge is 0.0887 e. The fraction of sp³-hybridized carbons (Fsp3) is 0.929. The second-order valence-electron chi connectivity index (χ2n) is 17.6. The van der Waals surface area contributed by atoms with Crippen LogP contribution in [0.25, 0.3) is 0 Å². The maximum Gasteiger partial charge on any atom is 0.0604 e. The number of hydrogen-bond donors (Lipinski definition) is 0. The van der Waals surface area contributed by atoms with Crippen LogP contribution < -0.4 is 0 Å². The van der Waals surface area contributed by atoms with Crippen molar-refractivity contribution >= 4 is 55.6 Å². The van der Waals surface area contributed by atoms with Crippen molar-refractivity contribution in [2.24, 2.45) is 23.7 Å². The molecule has 4 saturated carbocycles. The van der Waals surface area contributed by atoms with Crippen molar-refractivity contribution in [3.8, 4) is 0 Å². The van der Waals surface area contributed by atoms with Gasteiger partial charge in [-0.05, 0) is 74.3 Å². The van der Waals surface area contributed by atoms with Crippen LogP contribution in [-0.2, 0) is 0 Å². The zero-order chi connectivity index (χ0) is 26.4. The molecule has 0 saturated heterocycles. The molecule has 0 aliphatic heterocycles. The molecule has 4 rings (SSSR count). The molecule has 34 heavy (non-hydrogen) atoms. The lowest BCUT2D eigenvalue weighted by Crippen LogP contribution is -2.69. The minimum Gasteiger partial charge on any atom is -0.0887 e. The minimum absolute atomic E-state index is 0.360. The van der Waals surface area contributed by atoms with Crippen molar-refractivity contribution < 1.29 is 0 Å². The second kappa shape index (κ2) is 8.79. The second-order valence-corrected chi connectivity index (χ2v) is 64.3. The molecular formula is C28H60Si6. The van der Waals surface area contributed by atoms with Crippen molar-refractivity contribution in [3.05, 3.63) is 0 Å². The predicted octanol–water partition coefficient (Wildman–Crippen LogP) is 8.56. The molecule has 4 bridgehead atoms. The lowest BCUT2D eigenvalue weighted by Gasteiger charge is -2.59. The molecule has 0 heterocycles. The zero-order valence-electron chi connectivity index (χ0n) is 26.1. The van der Waals surface area contributed by atoms with Gasteiger partial charge in [0, 0.05) is 0 Å². The van der Waals surface area contributed by atoms with Crippen LogP contribution in [-0.4, -0.2) is 55.6 Å². The summed E-state index contributed by atoms with van der Waals surface area (Å²) in [4.78, 5) is 0. The van der Waals surface area contributed by atoms with Crippen LogP contribution in [0.1, 0.15) is 67.2 Å². The Morgan fingerprint density at radius 2 is 0.676 bits per heavy atom. The van der Waals surface area contributed by atoms with E-state index in [-0.39, 0.29) is 14.9 Å². The lowest BCUT2D eigenvalue weighted by molar-refractivity contribution is 0.240. The van der Waals surface area contributed by atoms with Gasteiger partial charge in [0.15, 0.2) is 0 Å². The average Bonchev–Trinajstić information content (AvgIpc) is 2.54. The summed E-state index contributed by atoms with van der Waals surface area (Å²) in [5, 5.41) is 5.60. The summed E-state index contributed by atoms with van der Waals surface area (Å²) in [6, 6.07) is 0. The predicted molar refractivity (Wildman–Crippen MR) is 175 cm³/mol. The van der Waals surface area contributed by atoms with Crippen molar-refractivity contribution in [3.63, 3.8) is 0 Å². The molecule has 4 aliphatic carbocycles. The maximum atomic E-state index is 2.82. The highest BCUT2D eigenvalue weighted by atomic mass is 29.6. The molecule has 6 heteroatoms. The molecule has 4 aliphatic rings. The van der Waals surface area contributed by atoms with E-state index >= 15 is 0 Å². The van der Waals surface area contributed by atoms with Crippen LogP contribution in [0, 0.1) is 23.7 Å². The molecule has 0 nitrogen and oxygen atoms in total. The van der Waals surface area contributed by atoms with Gasteiger partial charge in [0.2, 0.25) is 0 Å². The smallest absolute Gasteiger partial charge is 0.0604 e. The highest BCUT2D eigenvalue weighted by Gasteiger charge is 2.56. The van der Waals surface area contributed by atoms with Crippen molar-refractivity contribution in [1.82, 2.24) is 0 Å². The van der Waals surface area contributed by atoms with Gasteiger partial charge in [-0.2, -0.15) is 0 Å². The Labute approximate surface area is 221 Å². The molecule has 196 valence electrons. The van der Waals surface area contributed by atoms with E-state index in [0.29, 0.717) is 10.1 Å². The Bertz CT molecular complexity index is 774. The molecule has 0 radical (unpaired) electrons. The average molecular weight is 565 g/mol. The van der Waals surface area contributed by atoms with Gasteiger partial charge in [-0.15, -0.1) is 0 Å². The summed E-state index contributed by atoms with van der Waals surface area (Å²) in [5.74, 6) is 4.08. The van der Waals surface area contributed by atoms with Gasteiger partial charge < -0.3 is 0 Å². The van der Waals surface area contributed by atoms with Crippen LogP contribution in [0.3, 0.4) is 0 Å². The first kappa shape index (κ1) is 29.6. The van der Waals surface area contributed by atoms with Crippen molar-refractivity contribution in [2.75, 3.05) is 0 Å². The van der Waals surface area contributed by atoms with Gasteiger partial charge in [0.1, 0.15) is 0 Å². The standard InChI is InChI=1S/C28H60Si6/c1-27(2,3)33(13,14)29(31(7,8)9)25-21-17-23-19-22(25)20-24(18-21)26(23)30(32(10,11)12)34(15,16)28(4,5)6/h21-24H,17-20H2,1-16H3. The van der Waals surface area contributed by atoms with Gasteiger partial charge in [-0.25, -0.2) is 0 Å². The van der Waals surface area contributed by atoms with E-state index in [0.717, 1.165) is 23.7 Å². The molecule has 0 atom stereocenters. The van der Waals surface area contributed by atoms with Crippen LogP contribution in [0.2, 0.25) is 75.5 Å². The van der Waals surface area contributed by atoms with Gasteiger partial charge >= 0.3 is 0 Å². The Hall–Kier alpha value is 1.04. The van der Waals surface area contributed by atoms with Crippen LogP contribution in [0.15, 0.2) is 0 Å². The lowest BCUT2D eigenvalue weighted by atomic mass is 9.56. The zero-order valence-corrected chi connectivity index (χ0v) is 32.1. The van der Waals surface area contributed by atoms with Crippen LogP contribution >= 0.6 is 0 Å². The van der Waals surface area contributed by atoms with Gasteiger partial charge in [-0.3, -0.25) is 0 Å². The summed E-state index contributed by atoms with van der Waals surface area (Å²) >= 11 is 0. The first-order valence-electron chi connectivity index (χ1n) is 14.4. The van der Waals surface area contributed by atoms with Crippen molar-refractivity contribution in [1.29, 1.82) is 0 Å². The topological polar surface area (TPSA) is 0 Å². The highest BCUT2D eigenvalue weighted by molar-refractivity contribution is 7.62. The third kappa shape index (κ3) is 4.92. The van der Waals surface area contributed by atoms with E-state index < -0.39 is 30.4 Å². The molecule has 0 aromatic rings. The third-order valence-corrected chi connectivity index (χ3v) is 76.1. The van der Waals surface area contributed by atoms with E-state index in [4.69, 9.17) is 0 Å². The maximum absolute atomic E-state index is 2.82. The quantitative estimate of drug-likeness (QED) is 0.300. The molecular weight excluding hydrogens is 505 g/mol. The SMILES string of the molecule is CC(C)(C)[Si](C)(C)[Si](=C1C2CC3CC1CC(C2)C3=[Si]([Si](C)(C)C)[Si](C)(C)C(C)(C)C)[Si](C)(C)C. The summed E-state index contributed by atoms with van der Waals surface area (Å²) in [7, 11) is -5.70. The molecule has 0 aromatic heterocycles. The molecule has 0 aromatic carbocycles. The highest BCUT2D eigenvalue weighted by Crippen LogP contribution is 2.53. The van der Waals surface area contributed by atoms with Crippen molar-refractivity contribution in [2.45, 2.75) is 143 Å². The molecule has 0 spiro atoms. The summed E-state index contributed by atoms with van der Waals surface area (Å²) < 4.78 is 0. The van der Waals surface area contributed by atoms with Gasteiger partial charge in [0.05, 0.1) is 30.4 Å². The van der Waals surface area contributed by atoms with E-state index in [1.165, 1.54) is 0 Å². The van der Waals surface area contributed by atoms with E-state index in [1.807, 2.05) is 0 Å². The summed E-state index contributed by atoms with van der Waals surface area (Å²) in [6.07, 6.45) is 6.33. The third-order valence-electron chi connectivity index (χ3n) is 11.1. The van der Waals surface area contributed by atoms with E-state index in [1.54, 1.807) is 25.7 Å². The molecule has 4 fully saturated rings. The minimum atomic E-state index is -1.31. The number of hydrogen-bond acceptors (Lipinski definition) is 0. The molecule has 0 unspecified atom stereocenters. The van der Waals surface area contributed by atoms with Gasteiger partial charge in [-0.1, -0.05) is 117 Å². The Kier molecular flexibility index (Phi) is 7.65. The summed E-state index contributed by atoms with van der Waals surface area (Å²) in [6.45, 7) is 43.5. The molecule has 0 N–H and O–H groups in total. The monoisotopic (exact) mass is 564 g/mol. The number of rotatable bonds is 4. The van der Waals surface area contributed by atoms with Crippen LogP contribution in [0.4, 0.5) is 0 Å². The van der Waals surface area contributed by atoms with E-state index in [2.05, 4.69) is 117 Å². The van der Waals surface area contributed by atoms with Crippen LogP contribution in [0.5, 0.6) is 0 Å². The summed E-state index contributed by atoms with van der Waals surface area (Å²) in [5.41, 5.74) is 0. The van der Waals surface area contributed by atoms with Gasteiger partial charge in [0.25, 0.3) is 0 Å². The Balaban J connectivity index is 2.18. The Morgan fingerprint density at radius 1 is 0.471 bits per heavy atom. The first-order chi connectivity index (χ1) is 14.9.